The molecule has 4 nitrogen and oxygen atoms in total. The highest BCUT2D eigenvalue weighted by molar-refractivity contribution is 7.09. The van der Waals surface area contributed by atoms with Gasteiger partial charge >= 0.3 is 0 Å². The lowest BCUT2D eigenvalue weighted by Gasteiger charge is -2.09. The van der Waals surface area contributed by atoms with Gasteiger partial charge in [-0.1, -0.05) is 13.8 Å². The molecule has 0 aliphatic carbocycles. The van der Waals surface area contributed by atoms with Gasteiger partial charge in [0.2, 0.25) is 0 Å². The Kier molecular flexibility index (Phi) is 3.54. The Labute approximate surface area is 112 Å². The SMILES string of the molecule is Cc1nn(C)c(C)c1C(N)c1nc(C(C)C)cs1. The van der Waals surface area contributed by atoms with Crippen LogP contribution in [0.15, 0.2) is 5.38 Å². The third-order valence-corrected chi connectivity index (χ3v) is 4.22. The zero-order valence-electron chi connectivity index (χ0n) is 11.6. The van der Waals surface area contributed by atoms with E-state index in [-0.39, 0.29) is 6.04 Å². The van der Waals surface area contributed by atoms with Gasteiger partial charge in [-0.3, -0.25) is 4.68 Å². The number of thiazole rings is 1. The molecule has 0 bridgehead atoms. The molecule has 0 radical (unpaired) electrons. The van der Waals surface area contributed by atoms with Crippen LogP contribution in [0, 0.1) is 13.8 Å². The summed E-state index contributed by atoms with van der Waals surface area (Å²) in [7, 11) is 1.94. The molecule has 5 heteroatoms. The summed E-state index contributed by atoms with van der Waals surface area (Å²) in [4.78, 5) is 4.63. The Hall–Kier alpha value is -1.20. The molecular formula is C13H20N4S. The number of aromatic nitrogens is 3. The van der Waals surface area contributed by atoms with E-state index in [0.29, 0.717) is 5.92 Å². The van der Waals surface area contributed by atoms with Crippen molar-refractivity contribution in [2.24, 2.45) is 12.8 Å². The van der Waals surface area contributed by atoms with Gasteiger partial charge in [0, 0.05) is 23.7 Å². The van der Waals surface area contributed by atoms with Gasteiger partial charge in [-0.2, -0.15) is 5.10 Å². The highest BCUT2D eigenvalue weighted by Crippen LogP contribution is 2.29. The first kappa shape index (κ1) is 13.2. The van der Waals surface area contributed by atoms with E-state index in [1.165, 1.54) is 0 Å². The van der Waals surface area contributed by atoms with E-state index in [2.05, 4.69) is 29.3 Å². The van der Waals surface area contributed by atoms with Crippen LogP contribution in [-0.4, -0.2) is 14.8 Å². The third kappa shape index (κ3) is 2.20. The standard InChI is InChI=1S/C13H20N4S/c1-7(2)10-6-18-13(15-10)12(14)11-8(3)16-17(5)9(11)4/h6-7,12H,14H2,1-5H3. The molecule has 2 N–H and O–H groups in total. The number of aryl methyl sites for hydroxylation is 2. The van der Waals surface area contributed by atoms with Gasteiger partial charge in [-0.15, -0.1) is 11.3 Å². The first-order valence-corrected chi connectivity index (χ1v) is 7.00. The van der Waals surface area contributed by atoms with Crippen LogP contribution in [0.4, 0.5) is 0 Å². The fourth-order valence-corrected chi connectivity index (χ4v) is 3.06. The Morgan fingerprint density at radius 1 is 1.33 bits per heavy atom. The van der Waals surface area contributed by atoms with E-state index in [0.717, 1.165) is 27.7 Å². The molecule has 0 amide bonds. The lowest BCUT2D eigenvalue weighted by molar-refractivity contribution is 0.727. The molecule has 2 heterocycles. The van der Waals surface area contributed by atoms with Crippen molar-refractivity contribution in [3.63, 3.8) is 0 Å². The van der Waals surface area contributed by atoms with E-state index < -0.39 is 0 Å². The lowest BCUT2D eigenvalue weighted by Crippen LogP contribution is -2.14. The maximum atomic E-state index is 6.34. The van der Waals surface area contributed by atoms with Crippen LogP contribution in [-0.2, 0) is 7.05 Å². The summed E-state index contributed by atoms with van der Waals surface area (Å²) in [5.41, 5.74) is 10.7. The summed E-state index contributed by atoms with van der Waals surface area (Å²) in [6.45, 7) is 8.33. The van der Waals surface area contributed by atoms with Gasteiger partial charge in [0.05, 0.1) is 17.4 Å². The lowest BCUT2D eigenvalue weighted by atomic mass is 10.1. The Balaban J connectivity index is 2.38. The average molecular weight is 264 g/mol. The number of hydrogen-bond donors (Lipinski definition) is 1. The van der Waals surface area contributed by atoms with Gasteiger partial charge < -0.3 is 5.73 Å². The van der Waals surface area contributed by atoms with Crippen LogP contribution in [0.5, 0.6) is 0 Å². The Bertz CT molecular complexity index is 553. The Morgan fingerprint density at radius 2 is 2.00 bits per heavy atom. The predicted molar refractivity (Wildman–Crippen MR) is 74.9 cm³/mol. The highest BCUT2D eigenvalue weighted by atomic mass is 32.1. The van der Waals surface area contributed by atoms with Crippen molar-refractivity contribution in [3.05, 3.63) is 33.0 Å². The molecule has 0 aromatic carbocycles. The van der Waals surface area contributed by atoms with Crippen molar-refractivity contribution in [1.82, 2.24) is 14.8 Å². The molecule has 2 aromatic heterocycles. The third-order valence-electron chi connectivity index (χ3n) is 3.27. The largest absolute Gasteiger partial charge is 0.318 e. The molecule has 0 saturated heterocycles. The second-order valence-electron chi connectivity index (χ2n) is 4.95. The molecule has 0 aliphatic rings. The van der Waals surface area contributed by atoms with Crippen molar-refractivity contribution in [2.45, 2.75) is 39.7 Å². The summed E-state index contributed by atoms with van der Waals surface area (Å²) in [6, 6.07) is -0.170. The maximum absolute atomic E-state index is 6.34. The van der Waals surface area contributed by atoms with Crippen molar-refractivity contribution in [2.75, 3.05) is 0 Å². The highest BCUT2D eigenvalue weighted by Gasteiger charge is 2.21. The van der Waals surface area contributed by atoms with Gasteiger partial charge in [0.1, 0.15) is 5.01 Å². The molecule has 0 spiro atoms. The topological polar surface area (TPSA) is 56.7 Å². The van der Waals surface area contributed by atoms with Gasteiger partial charge in [0.25, 0.3) is 0 Å². The minimum atomic E-state index is -0.170. The van der Waals surface area contributed by atoms with E-state index in [1.54, 1.807) is 11.3 Å². The van der Waals surface area contributed by atoms with Gasteiger partial charge in [-0.05, 0) is 19.8 Å². The zero-order chi connectivity index (χ0) is 13.4. The molecule has 0 fully saturated rings. The number of hydrogen-bond acceptors (Lipinski definition) is 4. The number of rotatable bonds is 3. The molecule has 18 heavy (non-hydrogen) atoms. The van der Waals surface area contributed by atoms with Crippen LogP contribution in [0.1, 0.15) is 53.5 Å². The molecule has 0 saturated carbocycles. The number of nitrogens with zero attached hydrogens (tertiary/aromatic N) is 3. The van der Waals surface area contributed by atoms with Crippen molar-refractivity contribution < 1.29 is 0 Å². The molecule has 98 valence electrons. The fourth-order valence-electron chi connectivity index (χ4n) is 2.07. The molecular weight excluding hydrogens is 244 g/mol. The second kappa shape index (κ2) is 4.82. The predicted octanol–water partition coefficient (Wildman–Crippen LogP) is 2.66. The number of nitrogens with two attached hydrogens (primary N) is 1. The summed E-state index contributed by atoms with van der Waals surface area (Å²) < 4.78 is 1.88. The summed E-state index contributed by atoms with van der Waals surface area (Å²) in [5, 5.41) is 7.48. The zero-order valence-corrected chi connectivity index (χ0v) is 12.4. The smallest absolute Gasteiger partial charge is 0.114 e. The van der Waals surface area contributed by atoms with E-state index >= 15 is 0 Å². The van der Waals surface area contributed by atoms with E-state index in [1.807, 2.05) is 25.6 Å². The molecule has 2 rings (SSSR count). The van der Waals surface area contributed by atoms with Gasteiger partial charge in [-0.25, -0.2) is 4.98 Å². The second-order valence-corrected chi connectivity index (χ2v) is 5.84. The summed E-state index contributed by atoms with van der Waals surface area (Å²) in [6.07, 6.45) is 0. The van der Waals surface area contributed by atoms with Crippen LogP contribution < -0.4 is 5.73 Å². The maximum Gasteiger partial charge on any atom is 0.114 e. The summed E-state index contributed by atoms with van der Waals surface area (Å²) >= 11 is 1.63. The average Bonchev–Trinajstić information content (AvgIpc) is 2.85. The Morgan fingerprint density at radius 3 is 2.44 bits per heavy atom. The molecule has 2 aromatic rings. The van der Waals surface area contributed by atoms with Gasteiger partial charge in [0.15, 0.2) is 0 Å². The minimum Gasteiger partial charge on any atom is -0.318 e. The fraction of sp³-hybridized carbons (Fsp3) is 0.538. The molecule has 1 unspecified atom stereocenters. The monoisotopic (exact) mass is 264 g/mol. The molecule has 1 atom stereocenters. The van der Waals surface area contributed by atoms with Crippen LogP contribution in [0.2, 0.25) is 0 Å². The first-order chi connectivity index (χ1) is 8.41. The van der Waals surface area contributed by atoms with Crippen molar-refractivity contribution in [3.8, 4) is 0 Å². The van der Waals surface area contributed by atoms with Crippen LogP contribution in [0.25, 0.3) is 0 Å². The van der Waals surface area contributed by atoms with Crippen molar-refractivity contribution in [1.29, 1.82) is 0 Å². The van der Waals surface area contributed by atoms with E-state index in [4.69, 9.17) is 5.73 Å². The van der Waals surface area contributed by atoms with Crippen molar-refractivity contribution >= 4 is 11.3 Å². The minimum absolute atomic E-state index is 0.170. The van der Waals surface area contributed by atoms with Crippen LogP contribution in [0.3, 0.4) is 0 Å². The quantitative estimate of drug-likeness (QED) is 0.927. The first-order valence-electron chi connectivity index (χ1n) is 6.12. The summed E-state index contributed by atoms with van der Waals surface area (Å²) in [5.74, 6) is 0.443. The normalized spacial score (nSPS) is 13.3. The van der Waals surface area contributed by atoms with Crippen LogP contribution >= 0.6 is 11.3 Å². The van der Waals surface area contributed by atoms with E-state index in [9.17, 15) is 0 Å². The molecule has 0 aliphatic heterocycles.